The van der Waals surface area contributed by atoms with Gasteiger partial charge < -0.3 is 4.90 Å². The summed E-state index contributed by atoms with van der Waals surface area (Å²) in [6.07, 6.45) is 1.82. The first-order valence-corrected chi connectivity index (χ1v) is 8.18. The topological polar surface area (TPSA) is 37.4 Å². The number of para-hydroxylation sites is 1. The summed E-state index contributed by atoms with van der Waals surface area (Å²) < 4.78 is 0. The lowest BCUT2D eigenvalue weighted by molar-refractivity contribution is -0.120. The monoisotopic (exact) mass is 327 g/mol. The third kappa shape index (κ3) is 2.45. The molecule has 1 aliphatic rings. The summed E-state index contributed by atoms with van der Waals surface area (Å²) in [6, 6.07) is 16.1. The third-order valence-electron chi connectivity index (χ3n) is 4.20. The first-order chi connectivity index (χ1) is 11.1. The number of carbonyl (C=O) groups is 2. The Kier molecular flexibility index (Phi) is 4.22. The van der Waals surface area contributed by atoms with Gasteiger partial charge >= 0.3 is 0 Å². The molecule has 0 unspecified atom stereocenters. The lowest BCUT2D eigenvalue weighted by Crippen LogP contribution is -2.53. The molecule has 1 atom stereocenters. The number of amides is 1. The molecule has 3 nitrogen and oxygen atoms in total. The highest BCUT2D eigenvalue weighted by Crippen LogP contribution is 2.42. The molecule has 118 valence electrons. The van der Waals surface area contributed by atoms with Crippen LogP contribution in [0.1, 0.15) is 35.7 Å². The van der Waals surface area contributed by atoms with Gasteiger partial charge in [-0.2, -0.15) is 0 Å². The van der Waals surface area contributed by atoms with Crippen LogP contribution in [-0.4, -0.2) is 18.2 Å². The second-order valence-corrected chi connectivity index (χ2v) is 6.25. The van der Waals surface area contributed by atoms with Gasteiger partial charge in [-0.25, -0.2) is 0 Å². The molecular formula is C19H18ClNO2. The Labute approximate surface area is 140 Å². The van der Waals surface area contributed by atoms with Gasteiger partial charge in [0.05, 0.1) is 5.69 Å². The van der Waals surface area contributed by atoms with Crippen LogP contribution in [0.25, 0.3) is 0 Å². The number of hydrogen-bond donors (Lipinski definition) is 0. The van der Waals surface area contributed by atoms with E-state index in [-0.39, 0.29) is 11.7 Å². The van der Waals surface area contributed by atoms with E-state index in [1.807, 2.05) is 18.2 Å². The average Bonchev–Trinajstić information content (AvgIpc) is 2.60. The zero-order valence-corrected chi connectivity index (χ0v) is 13.7. The number of fused-ring (bicyclic) bond motifs is 1. The van der Waals surface area contributed by atoms with Crippen LogP contribution in [0.4, 0.5) is 5.69 Å². The Hall–Kier alpha value is -2.13. The maximum absolute atomic E-state index is 13.1. The molecular weight excluding hydrogens is 310 g/mol. The van der Waals surface area contributed by atoms with Crippen molar-refractivity contribution in [3.63, 3.8) is 0 Å². The number of nitrogens with zero attached hydrogens (tertiary/aromatic N) is 1. The Bertz CT molecular complexity index is 744. The van der Waals surface area contributed by atoms with E-state index in [0.29, 0.717) is 23.4 Å². The van der Waals surface area contributed by atoms with Crippen molar-refractivity contribution in [2.24, 2.45) is 0 Å². The van der Waals surface area contributed by atoms with Gasteiger partial charge in [-0.15, -0.1) is 0 Å². The molecule has 0 aromatic heterocycles. The van der Waals surface area contributed by atoms with Crippen molar-refractivity contribution >= 4 is 29.0 Å². The van der Waals surface area contributed by atoms with Crippen molar-refractivity contribution < 1.29 is 9.59 Å². The number of unbranched alkanes of at least 4 members (excludes halogenated alkanes) is 1. The highest BCUT2D eigenvalue weighted by molar-refractivity contribution is 6.51. The zero-order chi connectivity index (χ0) is 16.4. The van der Waals surface area contributed by atoms with E-state index < -0.39 is 4.87 Å². The number of rotatable bonds is 4. The number of alkyl halides is 1. The van der Waals surface area contributed by atoms with Gasteiger partial charge in [0.25, 0.3) is 5.91 Å². The second kappa shape index (κ2) is 6.17. The van der Waals surface area contributed by atoms with E-state index in [2.05, 4.69) is 6.92 Å². The molecule has 2 aromatic rings. The molecule has 3 rings (SSSR count). The highest BCUT2D eigenvalue weighted by atomic mass is 35.5. The van der Waals surface area contributed by atoms with Crippen LogP contribution < -0.4 is 4.90 Å². The average molecular weight is 328 g/mol. The molecule has 1 aliphatic heterocycles. The molecule has 2 aromatic carbocycles. The van der Waals surface area contributed by atoms with Gasteiger partial charge in [-0.3, -0.25) is 9.59 Å². The molecule has 0 aliphatic carbocycles. The summed E-state index contributed by atoms with van der Waals surface area (Å²) in [5.41, 5.74) is 1.68. The van der Waals surface area contributed by atoms with Crippen molar-refractivity contribution in [1.29, 1.82) is 0 Å². The fourth-order valence-electron chi connectivity index (χ4n) is 2.94. The standard InChI is InChI=1S/C19H18ClNO2/c1-2-3-13-21-16-12-8-7-11-15(16)17(22)19(20,18(21)23)14-9-5-4-6-10-14/h4-12H,2-3,13H2,1H3/t19-/m1/s1. The third-order valence-corrected chi connectivity index (χ3v) is 4.75. The van der Waals surface area contributed by atoms with E-state index in [4.69, 9.17) is 11.6 Å². The summed E-state index contributed by atoms with van der Waals surface area (Å²) in [4.78, 5) is 26.1. The Morgan fingerprint density at radius 1 is 1.00 bits per heavy atom. The number of Topliss-reactive ketones (excluding diaryl/α,β-unsaturated/α-hetero) is 1. The van der Waals surface area contributed by atoms with E-state index in [9.17, 15) is 9.59 Å². The minimum absolute atomic E-state index is 0.348. The van der Waals surface area contributed by atoms with Crippen LogP contribution in [0, 0.1) is 0 Å². The molecule has 1 amide bonds. The van der Waals surface area contributed by atoms with Crippen molar-refractivity contribution in [2.45, 2.75) is 24.6 Å². The summed E-state index contributed by atoms with van der Waals surface area (Å²) in [5, 5.41) is 0. The summed E-state index contributed by atoms with van der Waals surface area (Å²) >= 11 is 6.66. The summed E-state index contributed by atoms with van der Waals surface area (Å²) in [5.74, 6) is -0.707. The van der Waals surface area contributed by atoms with E-state index >= 15 is 0 Å². The number of carbonyl (C=O) groups excluding carboxylic acids is 2. The maximum Gasteiger partial charge on any atom is 0.260 e. The summed E-state index contributed by atoms with van der Waals surface area (Å²) in [6.45, 7) is 2.62. The Morgan fingerprint density at radius 2 is 1.65 bits per heavy atom. The normalized spacial score (nSPS) is 20.5. The highest BCUT2D eigenvalue weighted by Gasteiger charge is 2.52. The molecule has 0 spiro atoms. The van der Waals surface area contributed by atoms with Gasteiger partial charge in [-0.05, 0) is 24.1 Å². The van der Waals surface area contributed by atoms with Gasteiger partial charge in [0, 0.05) is 12.1 Å². The number of halogens is 1. The minimum Gasteiger partial charge on any atom is -0.309 e. The molecule has 23 heavy (non-hydrogen) atoms. The summed E-state index contributed by atoms with van der Waals surface area (Å²) in [7, 11) is 0. The second-order valence-electron chi connectivity index (χ2n) is 5.68. The Morgan fingerprint density at radius 3 is 2.35 bits per heavy atom. The molecule has 0 saturated carbocycles. The van der Waals surface area contributed by atoms with Gasteiger partial charge in [0.2, 0.25) is 4.87 Å². The first-order valence-electron chi connectivity index (χ1n) is 7.81. The van der Waals surface area contributed by atoms with Crippen molar-refractivity contribution in [3.8, 4) is 0 Å². The van der Waals surface area contributed by atoms with Crippen LogP contribution in [-0.2, 0) is 9.67 Å². The molecule has 1 heterocycles. The maximum atomic E-state index is 13.1. The fraction of sp³-hybridized carbons (Fsp3) is 0.263. The quantitative estimate of drug-likeness (QED) is 0.625. The van der Waals surface area contributed by atoms with E-state index in [0.717, 1.165) is 12.8 Å². The fourth-order valence-corrected chi connectivity index (χ4v) is 3.27. The first kappa shape index (κ1) is 15.8. The van der Waals surface area contributed by atoms with Crippen molar-refractivity contribution in [1.82, 2.24) is 0 Å². The molecule has 0 bridgehead atoms. The van der Waals surface area contributed by atoms with E-state index in [1.54, 1.807) is 41.3 Å². The van der Waals surface area contributed by atoms with Crippen LogP contribution in [0.3, 0.4) is 0 Å². The smallest absolute Gasteiger partial charge is 0.260 e. The van der Waals surface area contributed by atoms with Crippen LogP contribution in [0.2, 0.25) is 0 Å². The SMILES string of the molecule is CCCCN1C(=O)[C@@](Cl)(c2ccccc2)C(=O)c2ccccc21. The predicted octanol–water partition coefficient (Wildman–Crippen LogP) is 4.15. The molecule has 4 heteroatoms. The molecule has 0 radical (unpaired) electrons. The lowest BCUT2D eigenvalue weighted by atomic mass is 9.84. The molecule has 0 fully saturated rings. The number of benzene rings is 2. The number of hydrogen-bond acceptors (Lipinski definition) is 2. The zero-order valence-electron chi connectivity index (χ0n) is 13.0. The van der Waals surface area contributed by atoms with Gasteiger partial charge in [-0.1, -0.05) is 67.4 Å². The van der Waals surface area contributed by atoms with Crippen LogP contribution in [0.5, 0.6) is 0 Å². The van der Waals surface area contributed by atoms with Crippen LogP contribution >= 0.6 is 11.6 Å². The van der Waals surface area contributed by atoms with Gasteiger partial charge in [0.15, 0.2) is 5.78 Å². The van der Waals surface area contributed by atoms with Crippen molar-refractivity contribution in [2.75, 3.05) is 11.4 Å². The van der Waals surface area contributed by atoms with Crippen LogP contribution in [0.15, 0.2) is 54.6 Å². The lowest BCUT2D eigenvalue weighted by Gasteiger charge is -2.38. The van der Waals surface area contributed by atoms with Crippen molar-refractivity contribution in [3.05, 3.63) is 65.7 Å². The van der Waals surface area contributed by atoms with E-state index in [1.165, 1.54) is 0 Å². The molecule has 0 N–H and O–H groups in total. The Balaban J connectivity index is 2.16. The number of ketones is 1. The molecule has 0 saturated heterocycles. The van der Waals surface area contributed by atoms with Gasteiger partial charge in [0.1, 0.15) is 0 Å². The predicted molar refractivity (Wildman–Crippen MR) is 92.0 cm³/mol. The number of anilines is 1. The largest absolute Gasteiger partial charge is 0.309 e. The minimum atomic E-state index is -1.68.